The third-order valence-corrected chi connectivity index (χ3v) is 4.22. The lowest BCUT2D eigenvalue weighted by Gasteiger charge is -2.08. The monoisotopic (exact) mass is 336 g/mol. The van der Waals surface area contributed by atoms with E-state index in [9.17, 15) is 13.8 Å². The summed E-state index contributed by atoms with van der Waals surface area (Å²) in [5.41, 5.74) is 0.192. The predicted molar refractivity (Wildman–Crippen MR) is 83.5 cm³/mol. The molecular formula is C15H16N2O5S. The second-order valence-corrected chi connectivity index (χ2v) is 6.29. The summed E-state index contributed by atoms with van der Waals surface area (Å²) in [7, 11) is -1.29. The third kappa shape index (κ3) is 4.49. The molecule has 8 heteroatoms. The first-order valence-corrected chi connectivity index (χ1v) is 8.21. The van der Waals surface area contributed by atoms with Crippen molar-refractivity contribution in [3.05, 3.63) is 41.7 Å². The van der Waals surface area contributed by atoms with Crippen LogP contribution < -0.4 is 5.32 Å². The molecule has 0 unspecified atom stereocenters. The lowest BCUT2D eigenvalue weighted by atomic mass is 10.2. The van der Waals surface area contributed by atoms with Crippen molar-refractivity contribution >= 4 is 28.5 Å². The Balaban J connectivity index is 1.97. The standard InChI is InChI=1S/C15H16N2O5S/c1-3-23(20)12-7-5-4-6-11(12)15(19)21-9-14(18)16-13-8-10(2)22-17-13/h4-8H,3,9H2,1-2H3,(H,16,17,18)/t23-/m1/s1. The van der Waals surface area contributed by atoms with Gasteiger partial charge in [-0.1, -0.05) is 24.2 Å². The van der Waals surface area contributed by atoms with Gasteiger partial charge >= 0.3 is 5.97 Å². The number of hydrogen-bond donors (Lipinski definition) is 1. The number of nitrogens with zero attached hydrogens (tertiary/aromatic N) is 1. The van der Waals surface area contributed by atoms with Crippen molar-refractivity contribution in [2.75, 3.05) is 17.7 Å². The molecule has 0 spiro atoms. The van der Waals surface area contributed by atoms with E-state index in [1.165, 1.54) is 6.07 Å². The van der Waals surface area contributed by atoms with Crippen molar-refractivity contribution in [2.24, 2.45) is 0 Å². The van der Waals surface area contributed by atoms with Gasteiger partial charge in [-0.15, -0.1) is 0 Å². The zero-order valence-electron chi connectivity index (χ0n) is 12.7. The van der Waals surface area contributed by atoms with Crippen LogP contribution in [0.5, 0.6) is 0 Å². The first kappa shape index (κ1) is 16.9. The van der Waals surface area contributed by atoms with Gasteiger partial charge in [0.2, 0.25) is 0 Å². The average molecular weight is 336 g/mol. The molecule has 122 valence electrons. The summed E-state index contributed by atoms with van der Waals surface area (Å²) in [6.45, 7) is 2.97. The van der Waals surface area contributed by atoms with Crippen LogP contribution in [0.3, 0.4) is 0 Å². The van der Waals surface area contributed by atoms with Gasteiger partial charge in [0.05, 0.1) is 21.3 Å². The highest BCUT2D eigenvalue weighted by Gasteiger charge is 2.17. The minimum atomic E-state index is -1.29. The van der Waals surface area contributed by atoms with Gasteiger partial charge in [0.25, 0.3) is 5.91 Å². The number of carbonyl (C=O) groups is 2. The number of amides is 1. The van der Waals surface area contributed by atoms with Gasteiger partial charge in [0, 0.05) is 11.8 Å². The molecule has 0 aliphatic rings. The Bertz CT molecular complexity index is 741. The van der Waals surface area contributed by atoms with Crippen LogP contribution in [0.25, 0.3) is 0 Å². The summed E-state index contributed by atoms with van der Waals surface area (Å²) >= 11 is 0. The molecule has 1 amide bonds. The Labute approximate surface area is 135 Å². The van der Waals surface area contributed by atoms with Crippen LogP contribution in [-0.2, 0) is 20.3 Å². The van der Waals surface area contributed by atoms with Crippen LogP contribution in [0.2, 0.25) is 0 Å². The van der Waals surface area contributed by atoms with Crippen LogP contribution in [0.4, 0.5) is 5.82 Å². The minimum absolute atomic E-state index is 0.192. The molecule has 0 aliphatic carbocycles. The van der Waals surface area contributed by atoms with Gasteiger partial charge in [-0.3, -0.25) is 9.00 Å². The molecule has 0 radical (unpaired) electrons. The molecule has 1 aromatic carbocycles. The molecule has 2 rings (SSSR count). The maximum absolute atomic E-state index is 12.1. The van der Waals surface area contributed by atoms with Crippen LogP contribution in [0.1, 0.15) is 23.0 Å². The zero-order valence-corrected chi connectivity index (χ0v) is 13.5. The second-order valence-electron chi connectivity index (χ2n) is 4.58. The first-order chi connectivity index (χ1) is 11.0. The van der Waals surface area contributed by atoms with Gasteiger partial charge in [-0.05, 0) is 19.1 Å². The van der Waals surface area contributed by atoms with E-state index in [1.807, 2.05) is 0 Å². The van der Waals surface area contributed by atoms with Gasteiger partial charge in [-0.25, -0.2) is 4.79 Å². The number of nitrogens with one attached hydrogen (secondary N) is 1. The van der Waals surface area contributed by atoms with Crippen molar-refractivity contribution in [1.29, 1.82) is 0 Å². The summed E-state index contributed by atoms with van der Waals surface area (Å²) in [5.74, 6) is -0.0602. The fourth-order valence-corrected chi connectivity index (χ4v) is 2.74. The number of hydrogen-bond acceptors (Lipinski definition) is 6. The molecule has 23 heavy (non-hydrogen) atoms. The largest absolute Gasteiger partial charge is 0.452 e. The summed E-state index contributed by atoms with van der Waals surface area (Å²) in [5, 5.41) is 6.04. The van der Waals surface area contributed by atoms with Crippen molar-refractivity contribution < 1.29 is 23.1 Å². The fraction of sp³-hybridized carbons (Fsp3) is 0.267. The van der Waals surface area contributed by atoms with E-state index >= 15 is 0 Å². The number of benzene rings is 1. The average Bonchev–Trinajstić information content (AvgIpc) is 2.96. The topological polar surface area (TPSA) is 98.5 Å². The Hall–Kier alpha value is -2.48. The van der Waals surface area contributed by atoms with Crippen molar-refractivity contribution in [2.45, 2.75) is 18.7 Å². The molecule has 0 saturated carbocycles. The predicted octanol–water partition coefficient (Wildman–Crippen LogP) is 1.91. The molecule has 0 fully saturated rings. The second kappa shape index (κ2) is 7.68. The van der Waals surface area contributed by atoms with E-state index in [0.29, 0.717) is 16.4 Å². The number of aromatic nitrogens is 1. The SMILES string of the molecule is CC[S@@](=O)c1ccccc1C(=O)OCC(=O)Nc1cc(C)on1. The van der Waals surface area contributed by atoms with E-state index in [2.05, 4.69) is 10.5 Å². The lowest BCUT2D eigenvalue weighted by molar-refractivity contribution is -0.119. The van der Waals surface area contributed by atoms with Crippen LogP contribution in [-0.4, -0.2) is 33.6 Å². The smallest absolute Gasteiger partial charge is 0.339 e. The minimum Gasteiger partial charge on any atom is -0.452 e. The Morgan fingerprint density at radius 2 is 2.09 bits per heavy atom. The van der Waals surface area contributed by atoms with Crippen molar-refractivity contribution in [3.63, 3.8) is 0 Å². The number of ether oxygens (including phenoxy) is 1. The number of rotatable bonds is 6. The van der Waals surface area contributed by atoms with E-state index in [4.69, 9.17) is 9.26 Å². The van der Waals surface area contributed by atoms with Gasteiger partial charge < -0.3 is 14.6 Å². The van der Waals surface area contributed by atoms with Gasteiger partial charge in [0.1, 0.15) is 5.76 Å². The van der Waals surface area contributed by atoms with Crippen LogP contribution in [0.15, 0.2) is 39.8 Å². The highest BCUT2D eigenvalue weighted by atomic mass is 32.2. The molecule has 0 aliphatic heterocycles. The van der Waals surface area contributed by atoms with E-state index in [1.54, 1.807) is 38.1 Å². The molecule has 1 atom stereocenters. The molecule has 2 aromatic rings. The van der Waals surface area contributed by atoms with Crippen LogP contribution >= 0.6 is 0 Å². The quantitative estimate of drug-likeness (QED) is 0.809. The van der Waals surface area contributed by atoms with E-state index in [0.717, 1.165) is 0 Å². The molecule has 0 saturated heterocycles. The summed E-state index contributed by atoms with van der Waals surface area (Å²) < 4.78 is 21.7. The number of esters is 1. The molecular weight excluding hydrogens is 320 g/mol. The fourth-order valence-electron chi connectivity index (χ4n) is 1.80. The maximum atomic E-state index is 12.1. The molecule has 7 nitrogen and oxygen atoms in total. The lowest BCUT2D eigenvalue weighted by Crippen LogP contribution is -2.21. The maximum Gasteiger partial charge on any atom is 0.339 e. The van der Waals surface area contributed by atoms with E-state index < -0.39 is 29.3 Å². The molecule has 1 N–H and O–H groups in total. The third-order valence-electron chi connectivity index (χ3n) is 2.84. The number of anilines is 1. The summed E-state index contributed by atoms with van der Waals surface area (Å²) in [6, 6.07) is 8.00. The highest BCUT2D eigenvalue weighted by Crippen LogP contribution is 2.15. The normalized spacial score (nSPS) is 11.7. The Morgan fingerprint density at radius 1 is 1.35 bits per heavy atom. The number of carbonyl (C=O) groups excluding carboxylic acids is 2. The zero-order chi connectivity index (χ0) is 16.8. The summed E-state index contributed by atoms with van der Waals surface area (Å²) in [4.78, 5) is 24.2. The van der Waals surface area contributed by atoms with E-state index in [-0.39, 0.29) is 11.4 Å². The summed E-state index contributed by atoms with van der Waals surface area (Å²) in [6.07, 6.45) is 0. The highest BCUT2D eigenvalue weighted by molar-refractivity contribution is 7.85. The Kier molecular flexibility index (Phi) is 5.64. The molecule has 1 aromatic heterocycles. The number of aryl methyl sites for hydroxylation is 1. The van der Waals surface area contributed by atoms with Crippen molar-refractivity contribution in [1.82, 2.24) is 5.16 Å². The molecule has 0 bridgehead atoms. The Morgan fingerprint density at radius 3 is 2.74 bits per heavy atom. The van der Waals surface area contributed by atoms with Crippen LogP contribution in [0, 0.1) is 6.92 Å². The van der Waals surface area contributed by atoms with Gasteiger partial charge in [0.15, 0.2) is 12.4 Å². The molecule has 1 heterocycles. The first-order valence-electron chi connectivity index (χ1n) is 6.89. The van der Waals surface area contributed by atoms with Crippen molar-refractivity contribution in [3.8, 4) is 0 Å². The van der Waals surface area contributed by atoms with Gasteiger partial charge in [-0.2, -0.15) is 0 Å².